The molecule has 0 saturated carbocycles. The van der Waals surface area contributed by atoms with Gasteiger partial charge >= 0.3 is 0 Å². The highest BCUT2D eigenvalue weighted by atomic mass is 16.5. The van der Waals surface area contributed by atoms with Gasteiger partial charge in [-0.2, -0.15) is 0 Å². The van der Waals surface area contributed by atoms with Gasteiger partial charge in [0.25, 0.3) is 0 Å². The number of rotatable bonds is 5. The first kappa shape index (κ1) is 14.8. The van der Waals surface area contributed by atoms with E-state index < -0.39 is 0 Å². The molecule has 2 rings (SSSR count). The van der Waals surface area contributed by atoms with Gasteiger partial charge in [-0.15, -0.1) is 0 Å². The van der Waals surface area contributed by atoms with Gasteiger partial charge in [0.1, 0.15) is 0 Å². The van der Waals surface area contributed by atoms with Crippen molar-refractivity contribution in [3.63, 3.8) is 0 Å². The van der Waals surface area contributed by atoms with Gasteiger partial charge < -0.3 is 9.64 Å². The van der Waals surface area contributed by atoms with Crippen molar-refractivity contribution in [2.75, 3.05) is 13.2 Å². The van der Waals surface area contributed by atoms with Crippen LogP contribution < -0.4 is 5.32 Å². The summed E-state index contributed by atoms with van der Waals surface area (Å²) in [7, 11) is 0. The summed E-state index contributed by atoms with van der Waals surface area (Å²) in [6.07, 6.45) is 4.22. The van der Waals surface area contributed by atoms with Crippen molar-refractivity contribution in [2.24, 2.45) is 5.92 Å². The molecule has 2 heterocycles. The predicted octanol–water partition coefficient (Wildman–Crippen LogP) is 2.14. The van der Waals surface area contributed by atoms with Crippen molar-refractivity contribution in [2.45, 2.75) is 71.2 Å². The van der Waals surface area contributed by atoms with E-state index in [0.29, 0.717) is 5.92 Å². The fourth-order valence-electron chi connectivity index (χ4n) is 3.24. The average Bonchev–Trinajstić information content (AvgIpc) is 2.88. The summed E-state index contributed by atoms with van der Waals surface area (Å²) in [5, 5.41) is 3.48. The molecule has 3 atom stereocenters. The summed E-state index contributed by atoms with van der Waals surface area (Å²) in [4.78, 5) is 14.6. The Morgan fingerprint density at radius 3 is 2.79 bits per heavy atom. The van der Waals surface area contributed by atoms with Gasteiger partial charge in [0.05, 0.1) is 24.4 Å². The van der Waals surface area contributed by atoms with Crippen molar-refractivity contribution in [1.82, 2.24) is 10.2 Å². The first-order valence-corrected chi connectivity index (χ1v) is 7.65. The Morgan fingerprint density at radius 1 is 1.53 bits per heavy atom. The third-order valence-electron chi connectivity index (χ3n) is 4.25. The molecule has 4 heteroatoms. The van der Waals surface area contributed by atoms with E-state index in [-0.39, 0.29) is 23.7 Å². The second-order valence-electron chi connectivity index (χ2n) is 6.64. The molecular formula is C15H28N2O2. The number of nitrogens with zero attached hydrogens (tertiary/aromatic N) is 1. The molecule has 0 aliphatic carbocycles. The predicted molar refractivity (Wildman–Crippen MR) is 75.8 cm³/mol. The molecule has 110 valence electrons. The number of hydrogen-bond donors (Lipinski definition) is 1. The van der Waals surface area contributed by atoms with E-state index in [2.05, 4.69) is 33.0 Å². The van der Waals surface area contributed by atoms with Crippen LogP contribution in [0.2, 0.25) is 0 Å². The first-order valence-electron chi connectivity index (χ1n) is 7.65. The molecular weight excluding hydrogens is 240 g/mol. The van der Waals surface area contributed by atoms with E-state index in [1.165, 1.54) is 0 Å². The Labute approximate surface area is 116 Å². The third-order valence-corrected chi connectivity index (χ3v) is 4.25. The lowest BCUT2D eigenvalue weighted by molar-refractivity contribution is -0.134. The Balaban J connectivity index is 2.03. The number of carbonyl (C=O) groups is 1. The van der Waals surface area contributed by atoms with Crippen LogP contribution >= 0.6 is 0 Å². The summed E-state index contributed by atoms with van der Waals surface area (Å²) in [6.45, 7) is 10.2. The van der Waals surface area contributed by atoms with Crippen LogP contribution in [0.1, 0.15) is 53.4 Å². The minimum atomic E-state index is -0.141. The van der Waals surface area contributed by atoms with Gasteiger partial charge in [0.15, 0.2) is 0 Å². The van der Waals surface area contributed by atoms with E-state index in [1.54, 1.807) is 0 Å². The molecule has 0 bridgehead atoms. The molecule has 19 heavy (non-hydrogen) atoms. The van der Waals surface area contributed by atoms with E-state index >= 15 is 0 Å². The van der Waals surface area contributed by atoms with Crippen LogP contribution in [0.4, 0.5) is 0 Å². The van der Waals surface area contributed by atoms with Gasteiger partial charge in [-0.3, -0.25) is 10.1 Å². The summed E-state index contributed by atoms with van der Waals surface area (Å²) >= 11 is 0. The Hall–Kier alpha value is -0.610. The Bertz CT molecular complexity index is 324. The zero-order valence-electron chi connectivity index (χ0n) is 12.7. The zero-order valence-corrected chi connectivity index (χ0v) is 12.7. The topological polar surface area (TPSA) is 41.6 Å². The monoisotopic (exact) mass is 268 g/mol. The lowest BCUT2D eigenvalue weighted by atomic mass is 10.0. The molecule has 0 aromatic rings. The minimum Gasteiger partial charge on any atom is -0.373 e. The Morgan fingerprint density at radius 2 is 2.26 bits per heavy atom. The van der Waals surface area contributed by atoms with E-state index in [0.717, 1.165) is 38.8 Å². The molecule has 0 radical (unpaired) electrons. The molecule has 2 aliphatic rings. The zero-order chi connectivity index (χ0) is 14.0. The molecule has 3 unspecified atom stereocenters. The second kappa shape index (κ2) is 5.80. The van der Waals surface area contributed by atoms with Gasteiger partial charge in [-0.1, -0.05) is 20.8 Å². The number of ether oxygens (including phenoxy) is 1. The third kappa shape index (κ3) is 3.29. The molecule has 4 nitrogen and oxygen atoms in total. The molecule has 0 spiro atoms. The minimum absolute atomic E-state index is 0.00467. The Kier molecular flexibility index (Phi) is 4.51. The van der Waals surface area contributed by atoms with E-state index in [9.17, 15) is 4.79 Å². The summed E-state index contributed by atoms with van der Waals surface area (Å²) in [5.41, 5.74) is -0.141. The molecule has 2 aliphatic heterocycles. The number of nitrogens with one attached hydrogen (secondary N) is 1. The van der Waals surface area contributed by atoms with Crippen LogP contribution in [0.25, 0.3) is 0 Å². The highest BCUT2D eigenvalue weighted by Gasteiger charge is 2.42. The molecule has 0 aromatic heterocycles. The normalized spacial score (nSPS) is 35.6. The molecule has 1 N–H and O–H groups in total. The fraction of sp³-hybridized carbons (Fsp3) is 0.933. The molecule has 1 amide bonds. The molecule has 2 fully saturated rings. The van der Waals surface area contributed by atoms with Gasteiger partial charge in [0.2, 0.25) is 5.91 Å². The number of hydrogen-bond acceptors (Lipinski definition) is 3. The summed E-state index contributed by atoms with van der Waals surface area (Å²) in [5.74, 6) is 0.800. The van der Waals surface area contributed by atoms with Gasteiger partial charge in [0, 0.05) is 6.61 Å². The highest BCUT2D eigenvalue weighted by Crippen LogP contribution is 2.29. The number of amides is 1. The molecule has 0 aromatic carbocycles. The summed E-state index contributed by atoms with van der Waals surface area (Å²) < 4.78 is 5.84. The quantitative estimate of drug-likeness (QED) is 0.830. The van der Waals surface area contributed by atoms with E-state index in [1.807, 2.05) is 4.90 Å². The molecule has 2 saturated heterocycles. The van der Waals surface area contributed by atoms with Crippen LogP contribution in [0.3, 0.4) is 0 Å². The second-order valence-corrected chi connectivity index (χ2v) is 6.64. The number of carbonyl (C=O) groups excluding carboxylic acids is 1. The first-order chi connectivity index (χ1) is 8.95. The van der Waals surface area contributed by atoms with Gasteiger partial charge in [-0.05, 0) is 38.5 Å². The maximum Gasteiger partial charge on any atom is 0.241 e. The maximum atomic E-state index is 12.5. The van der Waals surface area contributed by atoms with Crippen LogP contribution in [-0.4, -0.2) is 41.8 Å². The standard InChI is InChI=1S/C15H28N2O2/c1-5-13-16-12(9-11(2)3)14(18)17(13)10-15(4)7-6-8-19-15/h11-13,16H,5-10H2,1-4H3. The van der Waals surface area contributed by atoms with Crippen LogP contribution in [-0.2, 0) is 9.53 Å². The van der Waals surface area contributed by atoms with Crippen LogP contribution in [0, 0.1) is 5.92 Å². The van der Waals surface area contributed by atoms with Crippen molar-refractivity contribution < 1.29 is 9.53 Å². The summed E-state index contributed by atoms with van der Waals surface area (Å²) in [6, 6.07) is -0.00467. The van der Waals surface area contributed by atoms with Crippen molar-refractivity contribution in [1.29, 1.82) is 0 Å². The van der Waals surface area contributed by atoms with Gasteiger partial charge in [-0.25, -0.2) is 0 Å². The lowest BCUT2D eigenvalue weighted by Gasteiger charge is -2.32. The SMILES string of the molecule is CCC1NC(CC(C)C)C(=O)N1CC1(C)CCCO1. The van der Waals surface area contributed by atoms with Crippen molar-refractivity contribution in [3.05, 3.63) is 0 Å². The lowest BCUT2D eigenvalue weighted by Crippen LogP contribution is -2.46. The largest absolute Gasteiger partial charge is 0.373 e. The van der Waals surface area contributed by atoms with Crippen molar-refractivity contribution >= 4 is 5.91 Å². The average molecular weight is 268 g/mol. The fourth-order valence-corrected chi connectivity index (χ4v) is 3.24. The maximum absolute atomic E-state index is 12.5. The smallest absolute Gasteiger partial charge is 0.241 e. The van der Waals surface area contributed by atoms with Crippen LogP contribution in [0.15, 0.2) is 0 Å². The van der Waals surface area contributed by atoms with Crippen LogP contribution in [0.5, 0.6) is 0 Å². The van der Waals surface area contributed by atoms with Crippen molar-refractivity contribution in [3.8, 4) is 0 Å². The highest BCUT2D eigenvalue weighted by molar-refractivity contribution is 5.84. The van der Waals surface area contributed by atoms with E-state index in [4.69, 9.17) is 4.74 Å².